The number of thioether (sulfide) groups is 1. The minimum atomic E-state index is -0.216. The molecule has 0 radical (unpaired) electrons. The van der Waals surface area contributed by atoms with Crippen molar-refractivity contribution in [2.45, 2.75) is 19.2 Å². The van der Waals surface area contributed by atoms with Crippen molar-refractivity contribution in [1.29, 1.82) is 0 Å². The van der Waals surface area contributed by atoms with Gasteiger partial charge in [0.05, 0.1) is 31.8 Å². The number of guanidine groups is 1. The molecule has 0 atom stereocenters. The van der Waals surface area contributed by atoms with Gasteiger partial charge in [0.2, 0.25) is 0 Å². The van der Waals surface area contributed by atoms with Crippen LogP contribution in [0.3, 0.4) is 0 Å². The Morgan fingerprint density at radius 1 is 1.38 bits per heavy atom. The highest BCUT2D eigenvalue weighted by Gasteiger charge is 2.38. The van der Waals surface area contributed by atoms with Crippen molar-refractivity contribution in [3.05, 3.63) is 35.1 Å². The third-order valence-electron chi connectivity index (χ3n) is 4.00. The second kappa shape index (κ2) is 9.25. The molecule has 0 unspecified atom stereocenters. The van der Waals surface area contributed by atoms with Crippen molar-refractivity contribution in [2.24, 2.45) is 10.4 Å². The second-order valence-corrected chi connectivity index (χ2v) is 6.91. The number of hydrogen-bond acceptors (Lipinski definition) is 4. The van der Waals surface area contributed by atoms with Gasteiger partial charge in [0.25, 0.3) is 0 Å². The van der Waals surface area contributed by atoms with Gasteiger partial charge in [0.1, 0.15) is 5.82 Å². The fourth-order valence-corrected chi connectivity index (χ4v) is 3.04. The Kier molecular flexibility index (Phi) is 7.33. The third kappa shape index (κ3) is 5.09. The van der Waals surface area contributed by atoms with Gasteiger partial charge < -0.3 is 20.5 Å². The zero-order valence-electron chi connectivity index (χ0n) is 14.3. The van der Waals surface area contributed by atoms with Crippen LogP contribution in [0.4, 0.5) is 4.39 Å². The first-order valence-corrected chi connectivity index (χ1v) is 9.49. The van der Waals surface area contributed by atoms with Crippen molar-refractivity contribution >= 4 is 17.7 Å². The average molecular weight is 355 g/mol. The predicted octanol–water partition coefficient (Wildman–Crippen LogP) is 1.75. The monoisotopic (exact) mass is 355 g/mol. The van der Waals surface area contributed by atoms with Gasteiger partial charge in [0.15, 0.2) is 5.96 Å². The Morgan fingerprint density at radius 2 is 2.17 bits per heavy atom. The molecule has 1 aromatic carbocycles. The van der Waals surface area contributed by atoms with Crippen molar-refractivity contribution in [3.63, 3.8) is 0 Å². The Morgan fingerprint density at radius 3 is 2.75 bits per heavy atom. The van der Waals surface area contributed by atoms with Gasteiger partial charge in [0, 0.05) is 18.8 Å². The van der Waals surface area contributed by atoms with Crippen LogP contribution in [0, 0.1) is 11.2 Å². The highest BCUT2D eigenvalue weighted by molar-refractivity contribution is 7.97. The lowest BCUT2D eigenvalue weighted by atomic mass is 9.87. The largest absolute Gasteiger partial charge is 0.396 e. The van der Waals surface area contributed by atoms with E-state index in [9.17, 15) is 9.50 Å². The molecule has 0 bridgehead atoms. The van der Waals surface area contributed by atoms with E-state index in [-0.39, 0.29) is 17.8 Å². The number of halogens is 1. The maximum atomic E-state index is 13.4. The van der Waals surface area contributed by atoms with Crippen LogP contribution in [-0.4, -0.2) is 50.2 Å². The molecule has 0 aliphatic carbocycles. The molecule has 0 spiro atoms. The molecular formula is C17H26FN3O2S. The standard InChI is InChI=1S/C17H26FN3O2S/c1-3-19-16(21-9-17(10-22)11-23-12-17)20-7-13-4-5-15(18)6-14(13)8-24-2/h4-6,22H,3,7-12H2,1-2H3,(H2,19,20,21). The number of aliphatic imine (C=N–C) groups is 1. The molecule has 134 valence electrons. The number of rotatable bonds is 8. The summed E-state index contributed by atoms with van der Waals surface area (Å²) in [5, 5.41) is 16.0. The lowest BCUT2D eigenvalue weighted by Gasteiger charge is -2.40. The molecule has 0 amide bonds. The number of aliphatic hydroxyl groups excluding tert-OH is 1. The van der Waals surface area contributed by atoms with E-state index in [1.54, 1.807) is 23.9 Å². The van der Waals surface area contributed by atoms with E-state index in [1.165, 1.54) is 6.07 Å². The molecule has 1 aromatic rings. The molecule has 0 saturated carbocycles. The number of ether oxygens (including phenoxy) is 1. The van der Waals surface area contributed by atoms with Crippen LogP contribution in [0.2, 0.25) is 0 Å². The lowest BCUT2D eigenvalue weighted by Crippen LogP contribution is -2.54. The topological polar surface area (TPSA) is 65.9 Å². The minimum absolute atomic E-state index is 0.0925. The van der Waals surface area contributed by atoms with Crippen molar-refractivity contribution in [1.82, 2.24) is 10.6 Å². The van der Waals surface area contributed by atoms with Gasteiger partial charge >= 0.3 is 0 Å². The van der Waals surface area contributed by atoms with E-state index in [1.807, 2.05) is 13.2 Å². The quantitative estimate of drug-likeness (QED) is 0.490. The summed E-state index contributed by atoms with van der Waals surface area (Å²) in [4.78, 5) is 4.59. The molecule has 7 heteroatoms. The van der Waals surface area contributed by atoms with Gasteiger partial charge in [-0.3, -0.25) is 0 Å². The van der Waals surface area contributed by atoms with E-state index in [0.717, 1.165) is 23.4 Å². The molecule has 1 fully saturated rings. The number of nitrogens with one attached hydrogen (secondary N) is 2. The van der Waals surface area contributed by atoms with Crippen LogP contribution in [0.1, 0.15) is 18.1 Å². The normalized spacial score (nSPS) is 16.6. The van der Waals surface area contributed by atoms with Crippen molar-refractivity contribution < 1.29 is 14.2 Å². The van der Waals surface area contributed by atoms with Gasteiger partial charge in [-0.2, -0.15) is 11.8 Å². The molecule has 1 saturated heterocycles. The summed E-state index contributed by atoms with van der Waals surface area (Å²) in [6.45, 7) is 5.05. The summed E-state index contributed by atoms with van der Waals surface area (Å²) in [6.07, 6.45) is 2.00. The van der Waals surface area contributed by atoms with Crippen LogP contribution in [0.25, 0.3) is 0 Å². The van der Waals surface area contributed by atoms with Gasteiger partial charge in [-0.1, -0.05) is 6.07 Å². The molecule has 2 rings (SSSR count). The van der Waals surface area contributed by atoms with Crippen LogP contribution in [0.5, 0.6) is 0 Å². The van der Waals surface area contributed by atoms with Crippen molar-refractivity contribution in [3.8, 4) is 0 Å². The molecule has 0 aromatic heterocycles. The fourth-order valence-electron chi connectivity index (χ4n) is 2.46. The van der Waals surface area contributed by atoms with Crippen LogP contribution in [-0.2, 0) is 17.0 Å². The SMILES string of the molecule is CCNC(=NCc1ccc(F)cc1CSC)NCC1(CO)COC1. The summed E-state index contributed by atoms with van der Waals surface area (Å²) in [5.41, 5.74) is 1.78. The first-order chi connectivity index (χ1) is 11.6. The van der Waals surface area contributed by atoms with Crippen molar-refractivity contribution in [2.75, 3.05) is 39.2 Å². The summed E-state index contributed by atoms with van der Waals surface area (Å²) in [7, 11) is 0. The highest BCUT2D eigenvalue weighted by Crippen LogP contribution is 2.25. The Labute approximate surface area is 147 Å². The zero-order chi connectivity index (χ0) is 17.4. The Hall–Kier alpha value is -1.31. The lowest BCUT2D eigenvalue weighted by molar-refractivity contribution is -0.132. The van der Waals surface area contributed by atoms with Crippen LogP contribution >= 0.6 is 11.8 Å². The Bertz CT molecular complexity index is 559. The number of benzene rings is 1. The van der Waals surface area contributed by atoms with Gasteiger partial charge in [-0.05, 0) is 36.4 Å². The summed E-state index contributed by atoms with van der Waals surface area (Å²) >= 11 is 1.66. The molecule has 1 heterocycles. The smallest absolute Gasteiger partial charge is 0.191 e. The average Bonchev–Trinajstić information content (AvgIpc) is 2.53. The summed E-state index contributed by atoms with van der Waals surface area (Å²) in [6, 6.07) is 4.85. The van der Waals surface area contributed by atoms with E-state index >= 15 is 0 Å². The Balaban J connectivity index is 2.02. The highest BCUT2D eigenvalue weighted by atomic mass is 32.2. The van der Waals surface area contributed by atoms with Crippen LogP contribution in [0.15, 0.2) is 23.2 Å². The van der Waals surface area contributed by atoms with E-state index in [2.05, 4.69) is 15.6 Å². The maximum Gasteiger partial charge on any atom is 0.191 e. The molecule has 24 heavy (non-hydrogen) atoms. The van der Waals surface area contributed by atoms with E-state index < -0.39 is 0 Å². The zero-order valence-corrected chi connectivity index (χ0v) is 15.1. The summed E-state index contributed by atoms with van der Waals surface area (Å²) < 4.78 is 18.6. The third-order valence-corrected chi connectivity index (χ3v) is 4.60. The molecule has 1 aliphatic heterocycles. The fraction of sp³-hybridized carbons (Fsp3) is 0.588. The predicted molar refractivity (Wildman–Crippen MR) is 96.8 cm³/mol. The van der Waals surface area contributed by atoms with Gasteiger partial charge in [-0.15, -0.1) is 0 Å². The second-order valence-electron chi connectivity index (χ2n) is 6.05. The summed E-state index contributed by atoms with van der Waals surface area (Å²) in [5.74, 6) is 1.24. The molecular weight excluding hydrogens is 329 g/mol. The molecule has 1 aliphatic rings. The number of aliphatic hydroxyl groups is 1. The molecule has 3 N–H and O–H groups in total. The number of hydrogen-bond donors (Lipinski definition) is 3. The first kappa shape index (κ1) is 19.0. The molecule has 5 nitrogen and oxygen atoms in total. The van der Waals surface area contributed by atoms with Crippen LogP contribution < -0.4 is 10.6 Å². The van der Waals surface area contributed by atoms with Gasteiger partial charge in [-0.25, -0.2) is 9.38 Å². The maximum absolute atomic E-state index is 13.4. The minimum Gasteiger partial charge on any atom is -0.396 e. The van der Waals surface area contributed by atoms with E-state index in [4.69, 9.17) is 4.74 Å². The first-order valence-electron chi connectivity index (χ1n) is 8.09. The van der Waals surface area contributed by atoms with E-state index in [0.29, 0.717) is 32.3 Å². The number of nitrogens with zero attached hydrogens (tertiary/aromatic N) is 1.